The highest BCUT2D eigenvalue weighted by Crippen LogP contribution is 2.49. The number of aromatic nitrogens is 1. The number of H-pyrrole nitrogens is 1. The van der Waals surface area contributed by atoms with E-state index in [2.05, 4.69) is 9.71 Å². The monoisotopic (exact) mass is 311 g/mol. The number of piperidine rings is 1. The van der Waals surface area contributed by atoms with E-state index in [9.17, 15) is 13.2 Å². The Labute approximate surface area is 125 Å². The molecule has 1 aliphatic carbocycles. The van der Waals surface area contributed by atoms with Crippen molar-refractivity contribution in [3.63, 3.8) is 0 Å². The molecule has 116 valence electrons. The van der Waals surface area contributed by atoms with Gasteiger partial charge in [0.15, 0.2) is 0 Å². The van der Waals surface area contributed by atoms with E-state index in [4.69, 9.17) is 0 Å². The molecule has 6 nitrogen and oxygen atoms in total. The quantitative estimate of drug-likeness (QED) is 0.872. The maximum atomic E-state index is 12.2. The molecule has 3 rings (SSSR count). The molecular weight excluding hydrogens is 290 g/mol. The van der Waals surface area contributed by atoms with Crippen molar-refractivity contribution in [3.8, 4) is 0 Å². The number of nitrogens with zero attached hydrogens (tertiary/aromatic N) is 1. The van der Waals surface area contributed by atoms with Gasteiger partial charge in [0, 0.05) is 31.5 Å². The number of nitrogens with one attached hydrogen (secondary N) is 2. The standard InChI is InChI=1S/C14H21N3O3S/c1-21(19,20)16-12-8-14(9-12)3-6-17(7-4-14)13(18)11-2-5-15-10-11/h2,5,10,12,15-16H,3-4,6-9H2,1H3. The summed E-state index contributed by atoms with van der Waals surface area (Å²) in [5.74, 6) is 0.0798. The van der Waals surface area contributed by atoms with Crippen LogP contribution >= 0.6 is 0 Å². The van der Waals surface area contributed by atoms with E-state index in [1.165, 1.54) is 6.26 Å². The number of rotatable bonds is 3. The number of aromatic amines is 1. The molecule has 7 heteroatoms. The number of amides is 1. The highest BCUT2D eigenvalue weighted by Gasteiger charge is 2.47. The molecule has 2 heterocycles. The predicted octanol–water partition coefficient (Wildman–Crippen LogP) is 0.949. The number of hydrogen-bond acceptors (Lipinski definition) is 3. The van der Waals surface area contributed by atoms with Gasteiger partial charge in [-0.25, -0.2) is 13.1 Å². The summed E-state index contributed by atoms with van der Waals surface area (Å²) in [4.78, 5) is 17.0. The number of carbonyl (C=O) groups is 1. The third kappa shape index (κ3) is 3.13. The summed E-state index contributed by atoms with van der Waals surface area (Å²) >= 11 is 0. The van der Waals surface area contributed by atoms with Gasteiger partial charge in [0.2, 0.25) is 10.0 Å². The van der Waals surface area contributed by atoms with Gasteiger partial charge < -0.3 is 9.88 Å². The molecule has 1 aliphatic heterocycles. The van der Waals surface area contributed by atoms with Crippen LogP contribution in [-0.2, 0) is 10.0 Å². The lowest BCUT2D eigenvalue weighted by atomic mass is 9.60. The topological polar surface area (TPSA) is 82.3 Å². The maximum absolute atomic E-state index is 12.2. The molecule has 21 heavy (non-hydrogen) atoms. The Morgan fingerprint density at radius 2 is 2.05 bits per heavy atom. The molecule has 2 N–H and O–H groups in total. The van der Waals surface area contributed by atoms with Crippen molar-refractivity contribution >= 4 is 15.9 Å². The van der Waals surface area contributed by atoms with E-state index in [0.717, 1.165) is 38.8 Å². The fourth-order valence-electron chi connectivity index (χ4n) is 3.60. The maximum Gasteiger partial charge on any atom is 0.255 e. The lowest BCUT2D eigenvalue weighted by Crippen LogP contribution is -2.55. The van der Waals surface area contributed by atoms with Crippen molar-refractivity contribution in [1.82, 2.24) is 14.6 Å². The van der Waals surface area contributed by atoms with Gasteiger partial charge in [0.1, 0.15) is 0 Å². The fraction of sp³-hybridized carbons (Fsp3) is 0.643. The Morgan fingerprint density at radius 3 is 2.57 bits per heavy atom. The Balaban J connectivity index is 1.52. The number of hydrogen-bond donors (Lipinski definition) is 2. The van der Waals surface area contributed by atoms with E-state index in [1.807, 2.05) is 4.90 Å². The Hall–Kier alpha value is -1.34. The molecule has 0 unspecified atom stereocenters. The third-order valence-corrected chi connectivity index (χ3v) is 5.46. The van der Waals surface area contributed by atoms with Gasteiger partial charge in [-0.15, -0.1) is 0 Å². The predicted molar refractivity (Wildman–Crippen MR) is 79.4 cm³/mol. The minimum atomic E-state index is -3.11. The van der Waals surface area contributed by atoms with Gasteiger partial charge in [0.25, 0.3) is 5.91 Å². The zero-order valence-electron chi connectivity index (χ0n) is 12.1. The Kier molecular flexibility index (Phi) is 3.57. The van der Waals surface area contributed by atoms with Gasteiger partial charge >= 0.3 is 0 Å². The lowest BCUT2D eigenvalue weighted by Gasteiger charge is -2.52. The summed E-state index contributed by atoms with van der Waals surface area (Å²) in [7, 11) is -3.11. The van der Waals surface area contributed by atoms with E-state index in [-0.39, 0.29) is 17.4 Å². The smallest absolute Gasteiger partial charge is 0.255 e. The van der Waals surface area contributed by atoms with Crippen LogP contribution in [0.1, 0.15) is 36.0 Å². The van der Waals surface area contributed by atoms with E-state index in [0.29, 0.717) is 5.56 Å². The van der Waals surface area contributed by atoms with Crippen LogP contribution in [0.5, 0.6) is 0 Å². The fourth-order valence-corrected chi connectivity index (χ4v) is 4.38. The number of sulfonamides is 1. The molecule has 0 atom stereocenters. The zero-order valence-corrected chi connectivity index (χ0v) is 12.9. The van der Waals surface area contributed by atoms with Crippen LogP contribution in [-0.4, -0.2) is 49.6 Å². The van der Waals surface area contributed by atoms with Crippen molar-refractivity contribution in [1.29, 1.82) is 0 Å². The first-order valence-electron chi connectivity index (χ1n) is 7.26. The van der Waals surface area contributed by atoms with Crippen LogP contribution in [0.15, 0.2) is 18.5 Å². The summed E-state index contributed by atoms with van der Waals surface area (Å²) in [6.45, 7) is 1.52. The second-order valence-corrected chi connectivity index (χ2v) is 8.17. The number of likely N-dealkylation sites (tertiary alicyclic amines) is 1. The van der Waals surface area contributed by atoms with Crippen molar-refractivity contribution in [2.45, 2.75) is 31.7 Å². The zero-order chi connectivity index (χ0) is 15.1. The van der Waals surface area contributed by atoms with Crippen LogP contribution in [0.3, 0.4) is 0 Å². The van der Waals surface area contributed by atoms with Gasteiger partial charge in [-0.3, -0.25) is 4.79 Å². The first-order valence-corrected chi connectivity index (χ1v) is 9.15. The van der Waals surface area contributed by atoms with Gasteiger partial charge in [-0.2, -0.15) is 0 Å². The first kappa shape index (κ1) is 14.6. The highest BCUT2D eigenvalue weighted by atomic mass is 32.2. The van der Waals surface area contributed by atoms with Gasteiger partial charge in [-0.05, 0) is 37.2 Å². The SMILES string of the molecule is CS(=O)(=O)NC1CC2(CCN(C(=O)c3cc[nH]c3)CC2)C1. The summed E-state index contributed by atoms with van der Waals surface area (Å²) < 4.78 is 25.1. The van der Waals surface area contributed by atoms with E-state index < -0.39 is 10.0 Å². The molecule has 1 saturated heterocycles. The molecule has 1 amide bonds. The van der Waals surface area contributed by atoms with Gasteiger partial charge in [-0.1, -0.05) is 0 Å². The molecule has 2 aliphatic rings. The van der Waals surface area contributed by atoms with Crippen LogP contribution in [0, 0.1) is 5.41 Å². The summed E-state index contributed by atoms with van der Waals surface area (Å²) in [6, 6.07) is 1.87. The molecule has 0 bridgehead atoms. The Morgan fingerprint density at radius 1 is 1.38 bits per heavy atom. The Bertz CT molecular complexity index is 608. The summed E-state index contributed by atoms with van der Waals surface area (Å²) in [5, 5.41) is 0. The van der Waals surface area contributed by atoms with Crippen molar-refractivity contribution in [2.24, 2.45) is 5.41 Å². The van der Waals surface area contributed by atoms with Crippen molar-refractivity contribution < 1.29 is 13.2 Å². The van der Waals surface area contributed by atoms with Crippen LogP contribution in [0.25, 0.3) is 0 Å². The molecule has 1 saturated carbocycles. The minimum Gasteiger partial charge on any atom is -0.367 e. The van der Waals surface area contributed by atoms with E-state index in [1.54, 1.807) is 18.5 Å². The van der Waals surface area contributed by atoms with Crippen LogP contribution in [0.2, 0.25) is 0 Å². The lowest BCUT2D eigenvalue weighted by molar-refractivity contribution is 0.0138. The molecule has 1 aromatic heterocycles. The molecule has 0 aromatic carbocycles. The summed E-state index contributed by atoms with van der Waals surface area (Å²) in [6.07, 6.45) is 8.40. The van der Waals surface area contributed by atoms with Gasteiger partial charge in [0.05, 0.1) is 11.8 Å². The van der Waals surface area contributed by atoms with Crippen molar-refractivity contribution in [2.75, 3.05) is 19.3 Å². The molecule has 2 fully saturated rings. The van der Waals surface area contributed by atoms with E-state index >= 15 is 0 Å². The average molecular weight is 311 g/mol. The second kappa shape index (κ2) is 5.14. The molecule has 1 aromatic rings. The average Bonchev–Trinajstić information content (AvgIpc) is 2.89. The molecule has 1 spiro atoms. The summed E-state index contributed by atoms with van der Waals surface area (Å²) in [5.41, 5.74) is 0.938. The normalized spacial score (nSPS) is 22.2. The molecule has 0 radical (unpaired) electrons. The van der Waals surface area contributed by atoms with Crippen molar-refractivity contribution in [3.05, 3.63) is 24.0 Å². The third-order valence-electron chi connectivity index (χ3n) is 4.70. The molecular formula is C14H21N3O3S. The number of carbonyl (C=O) groups excluding carboxylic acids is 1. The largest absolute Gasteiger partial charge is 0.367 e. The minimum absolute atomic E-state index is 0.0759. The van der Waals surface area contributed by atoms with Crippen LogP contribution in [0.4, 0.5) is 0 Å². The highest BCUT2D eigenvalue weighted by molar-refractivity contribution is 7.88. The second-order valence-electron chi connectivity index (χ2n) is 6.39. The first-order chi connectivity index (χ1) is 9.87. The van der Waals surface area contributed by atoms with Crippen LogP contribution < -0.4 is 4.72 Å².